The number of carbonyl (C=O) groups is 2. The zero-order chi connectivity index (χ0) is 27.9. The van der Waals surface area contributed by atoms with Crippen LogP contribution in [-0.2, 0) is 27.0 Å². The summed E-state index contributed by atoms with van der Waals surface area (Å²) in [5.41, 5.74) is -0.261. The van der Waals surface area contributed by atoms with Gasteiger partial charge in [0.15, 0.2) is 12.1 Å². The largest absolute Gasteiger partial charge is 0.480 e. The molecule has 212 valence electrons. The van der Waals surface area contributed by atoms with Crippen molar-refractivity contribution in [3.63, 3.8) is 0 Å². The summed E-state index contributed by atoms with van der Waals surface area (Å²) in [6, 6.07) is 2.23. The molecule has 0 radical (unpaired) electrons. The maximum atomic E-state index is 13.5. The lowest BCUT2D eigenvalue weighted by Crippen LogP contribution is -2.60. The summed E-state index contributed by atoms with van der Waals surface area (Å²) >= 11 is 0. The Morgan fingerprint density at radius 3 is 2.37 bits per heavy atom. The first kappa shape index (κ1) is 28.3. The average Bonchev–Trinajstić information content (AvgIpc) is 2.82. The van der Waals surface area contributed by atoms with Crippen molar-refractivity contribution < 1.29 is 50.5 Å². The highest BCUT2D eigenvalue weighted by molar-refractivity contribution is 5.79. The van der Waals surface area contributed by atoms with E-state index in [9.17, 15) is 41.0 Å². The lowest BCUT2D eigenvalue weighted by atomic mass is 9.72. The molecule has 1 spiro atoms. The molecular formula is C24H29F6N3O5. The number of benzene rings is 1. The van der Waals surface area contributed by atoms with E-state index in [4.69, 9.17) is 4.74 Å². The third kappa shape index (κ3) is 6.11. The average molecular weight is 554 g/mol. The van der Waals surface area contributed by atoms with Gasteiger partial charge in [-0.15, -0.1) is 0 Å². The van der Waals surface area contributed by atoms with Crippen LogP contribution < -0.4 is 4.90 Å². The van der Waals surface area contributed by atoms with Gasteiger partial charge in [0.1, 0.15) is 0 Å². The molecule has 2 unspecified atom stereocenters. The van der Waals surface area contributed by atoms with Gasteiger partial charge in [-0.2, -0.15) is 26.3 Å². The Morgan fingerprint density at radius 1 is 1.13 bits per heavy atom. The van der Waals surface area contributed by atoms with E-state index in [-0.39, 0.29) is 44.0 Å². The molecule has 3 aliphatic rings. The van der Waals surface area contributed by atoms with E-state index >= 15 is 0 Å². The quantitative estimate of drug-likeness (QED) is 0.553. The molecule has 1 aromatic rings. The molecule has 2 atom stereocenters. The number of carbonyl (C=O) groups excluding carboxylic acids is 1. The van der Waals surface area contributed by atoms with Gasteiger partial charge in [0.25, 0.3) is 0 Å². The zero-order valence-corrected chi connectivity index (χ0v) is 20.6. The topological polar surface area (TPSA) is 82.5 Å². The molecule has 0 aliphatic carbocycles. The molecule has 14 heteroatoms. The lowest BCUT2D eigenvalue weighted by Gasteiger charge is -2.54. The van der Waals surface area contributed by atoms with Crippen LogP contribution in [0.5, 0.6) is 0 Å². The maximum absolute atomic E-state index is 13.5. The lowest BCUT2D eigenvalue weighted by molar-refractivity contribution is -0.200. The Labute approximate surface area is 215 Å². The molecule has 0 aromatic heterocycles. The fraction of sp³-hybridized carbons (Fsp3) is 0.667. The Balaban J connectivity index is 1.40. The van der Waals surface area contributed by atoms with Gasteiger partial charge in [0, 0.05) is 45.0 Å². The van der Waals surface area contributed by atoms with Gasteiger partial charge in [-0.3, -0.25) is 4.90 Å². The van der Waals surface area contributed by atoms with E-state index in [1.807, 2.05) is 4.90 Å². The fourth-order valence-corrected chi connectivity index (χ4v) is 5.27. The molecule has 3 aliphatic heterocycles. The number of likely N-dealkylation sites (tertiary alicyclic amines) is 2. The van der Waals surface area contributed by atoms with Crippen LogP contribution in [0.25, 0.3) is 0 Å². The number of carboxylic acids is 1. The zero-order valence-electron chi connectivity index (χ0n) is 20.6. The molecule has 3 heterocycles. The monoisotopic (exact) mass is 553 g/mol. The highest BCUT2D eigenvalue weighted by atomic mass is 19.4. The Kier molecular flexibility index (Phi) is 7.77. The molecule has 1 aromatic carbocycles. The normalized spacial score (nSPS) is 23.2. The van der Waals surface area contributed by atoms with Crippen molar-refractivity contribution in [2.24, 2.45) is 5.41 Å². The number of rotatable bonds is 5. The number of piperidine rings is 1. The number of alkyl halides is 6. The Hall–Kier alpha value is -2.74. The minimum Gasteiger partial charge on any atom is -0.480 e. The van der Waals surface area contributed by atoms with Gasteiger partial charge in [-0.05, 0) is 42.9 Å². The second-order valence-corrected chi connectivity index (χ2v) is 10.2. The van der Waals surface area contributed by atoms with E-state index in [0.29, 0.717) is 38.0 Å². The van der Waals surface area contributed by atoms with Gasteiger partial charge in [-0.25, -0.2) is 9.59 Å². The summed E-state index contributed by atoms with van der Waals surface area (Å²) in [5, 5.41) is 9.60. The van der Waals surface area contributed by atoms with Crippen LogP contribution in [0.15, 0.2) is 18.2 Å². The number of halogens is 6. The van der Waals surface area contributed by atoms with Crippen LogP contribution in [0, 0.1) is 5.41 Å². The van der Waals surface area contributed by atoms with E-state index in [0.717, 1.165) is 19.1 Å². The Morgan fingerprint density at radius 2 is 1.79 bits per heavy atom. The van der Waals surface area contributed by atoms with E-state index in [2.05, 4.69) is 4.74 Å². The van der Waals surface area contributed by atoms with Gasteiger partial charge in [0.05, 0.1) is 18.8 Å². The van der Waals surface area contributed by atoms with Gasteiger partial charge in [0.2, 0.25) is 0 Å². The van der Waals surface area contributed by atoms with Crippen molar-refractivity contribution >= 4 is 17.7 Å². The van der Waals surface area contributed by atoms with Crippen molar-refractivity contribution in [1.82, 2.24) is 9.80 Å². The van der Waals surface area contributed by atoms with Crippen LogP contribution in [0.4, 0.5) is 36.8 Å². The second-order valence-electron chi connectivity index (χ2n) is 10.2. The van der Waals surface area contributed by atoms with Crippen molar-refractivity contribution in [1.29, 1.82) is 0 Å². The van der Waals surface area contributed by atoms with Crippen molar-refractivity contribution in [2.75, 3.05) is 50.8 Å². The summed E-state index contributed by atoms with van der Waals surface area (Å²) in [7, 11) is 0. The first-order chi connectivity index (χ1) is 17.7. The van der Waals surface area contributed by atoms with E-state index in [1.54, 1.807) is 0 Å². The van der Waals surface area contributed by atoms with E-state index < -0.39 is 42.1 Å². The molecule has 8 nitrogen and oxygen atoms in total. The third-order valence-corrected chi connectivity index (χ3v) is 7.47. The standard InChI is InChI=1S/C24H29F6N3O5/c1-15(23(25,26)27)38-21(36)32-6-4-22(5-7-32)13-31(14-22)11-16-2-3-17(24(28,29)30)10-18(16)33-8-9-37-12-19(33)20(34)35/h2-3,10,15,19H,4-9,11-14H2,1H3,(H,34,35). The van der Waals surface area contributed by atoms with Crippen molar-refractivity contribution in [2.45, 2.75) is 50.8 Å². The number of aliphatic carboxylic acids is 1. The number of ether oxygens (including phenoxy) is 2. The smallest absolute Gasteiger partial charge is 0.425 e. The summed E-state index contributed by atoms with van der Waals surface area (Å²) in [5.74, 6) is -1.19. The first-order valence-electron chi connectivity index (χ1n) is 12.2. The summed E-state index contributed by atoms with van der Waals surface area (Å²) in [4.78, 5) is 28.6. The number of anilines is 1. The number of hydrogen-bond acceptors (Lipinski definition) is 6. The summed E-state index contributed by atoms with van der Waals surface area (Å²) in [6.45, 7) is 2.95. The van der Waals surface area contributed by atoms with Crippen molar-refractivity contribution in [3.8, 4) is 0 Å². The molecule has 1 N–H and O–H groups in total. The molecular weight excluding hydrogens is 524 g/mol. The van der Waals surface area contributed by atoms with Crippen molar-refractivity contribution in [3.05, 3.63) is 29.3 Å². The first-order valence-corrected chi connectivity index (χ1v) is 12.2. The predicted molar refractivity (Wildman–Crippen MR) is 122 cm³/mol. The fourth-order valence-electron chi connectivity index (χ4n) is 5.27. The van der Waals surface area contributed by atoms with E-state index in [1.165, 1.54) is 15.9 Å². The van der Waals surface area contributed by atoms with Crippen LogP contribution in [-0.4, -0.2) is 91.2 Å². The molecule has 0 saturated carbocycles. The minimum atomic E-state index is -4.63. The van der Waals surface area contributed by atoms with Gasteiger partial charge in [-0.1, -0.05) is 6.07 Å². The predicted octanol–water partition coefficient (Wildman–Crippen LogP) is 3.98. The SMILES string of the molecule is CC(OC(=O)N1CCC2(CC1)CN(Cc1ccc(C(F)(F)F)cc1N1CCOCC1C(=O)O)C2)C(F)(F)F. The summed E-state index contributed by atoms with van der Waals surface area (Å²) in [6.07, 6.45) is -11.3. The maximum Gasteiger partial charge on any atom is 0.425 e. The number of morpholine rings is 1. The Bertz CT molecular complexity index is 1030. The number of carboxylic acid groups (broad SMARTS) is 1. The van der Waals surface area contributed by atoms with Gasteiger partial charge < -0.3 is 24.4 Å². The second kappa shape index (κ2) is 10.4. The minimum absolute atomic E-state index is 0.133. The van der Waals surface area contributed by atoms with Crippen LogP contribution in [0.3, 0.4) is 0 Å². The highest BCUT2D eigenvalue weighted by Gasteiger charge is 2.47. The summed E-state index contributed by atoms with van der Waals surface area (Å²) < 4.78 is 88.2. The molecule has 0 bridgehead atoms. The number of nitrogens with zero attached hydrogens (tertiary/aromatic N) is 3. The number of hydrogen-bond donors (Lipinski definition) is 1. The molecule has 4 rings (SSSR count). The third-order valence-electron chi connectivity index (χ3n) is 7.47. The molecule has 3 saturated heterocycles. The molecule has 3 fully saturated rings. The molecule has 1 amide bonds. The molecule has 38 heavy (non-hydrogen) atoms. The van der Waals surface area contributed by atoms with Crippen LogP contribution in [0.1, 0.15) is 30.9 Å². The highest BCUT2D eigenvalue weighted by Crippen LogP contribution is 2.43. The van der Waals surface area contributed by atoms with Gasteiger partial charge >= 0.3 is 24.4 Å². The number of amides is 1. The van der Waals surface area contributed by atoms with Crippen LogP contribution in [0.2, 0.25) is 0 Å². The van der Waals surface area contributed by atoms with Crippen LogP contribution >= 0.6 is 0 Å².